The fourth-order valence-corrected chi connectivity index (χ4v) is 2.67. The van der Waals surface area contributed by atoms with E-state index in [0.717, 1.165) is 17.0 Å². The first-order valence-electron chi connectivity index (χ1n) is 8.89. The molecule has 0 aliphatic carbocycles. The number of nitrogens with zero attached hydrogens (tertiary/aromatic N) is 3. The zero-order chi connectivity index (χ0) is 23.5. The van der Waals surface area contributed by atoms with E-state index in [2.05, 4.69) is 25.4 Å². The van der Waals surface area contributed by atoms with E-state index in [0.29, 0.717) is 10.9 Å². The van der Waals surface area contributed by atoms with Crippen LogP contribution in [0.2, 0.25) is 0 Å². The fraction of sp³-hybridized carbons (Fsp3) is 0.100. The summed E-state index contributed by atoms with van der Waals surface area (Å²) in [5.74, 6) is -2.76. The van der Waals surface area contributed by atoms with Crippen LogP contribution in [0.1, 0.15) is 17.0 Å². The molecule has 9 nitrogen and oxygen atoms in total. The van der Waals surface area contributed by atoms with Gasteiger partial charge < -0.3 is 10.1 Å². The summed E-state index contributed by atoms with van der Waals surface area (Å²) >= 11 is 0. The molecule has 164 valence electrons. The number of carboxylic acid groups (broad SMARTS) is 1. The van der Waals surface area contributed by atoms with Crippen molar-refractivity contribution in [2.24, 2.45) is 0 Å². The van der Waals surface area contributed by atoms with E-state index in [9.17, 15) is 22.8 Å². The van der Waals surface area contributed by atoms with Crippen LogP contribution in [-0.4, -0.2) is 42.6 Å². The first-order valence-corrected chi connectivity index (χ1v) is 8.89. The lowest BCUT2D eigenvalue weighted by atomic mass is 10.1. The molecule has 3 heterocycles. The maximum atomic E-state index is 12.5. The maximum absolute atomic E-state index is 12.5. The second-order valence-corrected chi connectivity index (χ2v) is 6.46. The minimum absolute atomic E-state index is 0.00209. The van der Waals surface area contributed by atoms with Crippen LogP contribution < -0.4 is 11.0 Å². The summed E-state index contributed by atoms with van der Waals surface area (Å²) in [7, 11) is 0. The Labute approximate surface area is 176 Å². The number of benzene rings is 1. The van der Waals surface area contributed by atoms with Crippen molar-refractivity contribution < 1.29 is 23.1 Å². The summed E-state index contributed by atoms with van der Waals surface area (Å²) in [5.41, 5.74) is 2.38. The number of aromatic nitrogens is 5. The van der Waals surface area contributed by atoms with Crippen molar-refractivity contribution in [3.05, 3.63) is 73.9 Å². The molecule has 0 unspecified atom stereocenters. The first kappa shape index (κ1) is 22.3. The Morgan fingerprint density at radius 1 is 1.12 bits per heavy atom. The van der Waals surface area contributed by atoms with Crippen molar-refractivity contribution in [2.75, 3.05) is 0 Å². The number of H-pyrrole nitrogens is 2. The van der Waals surface area contributed by atoms with E-state index in [1.54, 1.807) is 12.1 Å². The maximum Gasteiger partial charge on any atom is 0.490 e. The van der Waals surface area contributed by atoms with E-state index < -0.39 is 17.7 Å². The zero-order valence-electron chi connectivity index (χ0n) is 16.3. The zero-order valence-corrected chi connectivity index (χ0v) is 16.3. The van der Waals surface area contributed by atoms with E-state index in [1.807, 2.05) is 43.3 Å². The molecule has 0 aliphatic heterocycles. The summed E-state index contributed by atoms with van der Waals surface area (Å²) in [5, 5.41) is 17.2. The summed E-state index contributed by atoms with van der Waals surface area (Å²) in [4.78, 5) is 40.7. The van der Waals surface area contributed by atoms with Gasteiger partial charge in [0, 0.05) is 11.1 Å². The van der Waals surface area contributed by atoms with Crippen LogP contribution in [0.4, 0.5) is 13.2 Å². The molecule has 0 bridgehead atoms. The van der Waals surface area contributed by atoms with Gasteiger partial charge in [-0.15, -0.1) is 5.10 Å². The molecule has 12 heteroatoms. The molecule has 3 aromatic heterocycles. The number of carboxylic acids is 1. The van der Waals surface area contributed by atoms with Gasteiger partial charge in [0.25, 0.3) is 5.56 Å². The molecule has 3 N–H and O–H groups in total. The number of pyridine rings is 1. The normalized spacial score (nSPS) is 11.5. The minimum atomic E-state index is -5.08. The van der Waals surface area contributed by atoms with Gasteiger partial charge in [0.1, 0.15) is 5.52 Å². The number of aliphatic carboxylic acids is 1. The second kappa shape index (κ2) is 8.79. The van der Waals surface area contributed by atoms with E-state index in [-0.39, 0.29) is 16.5 Å². The standard InChI is InChI=1S/C18H13N5O2.C2HF3O2/c1-10-3-2-4-12(19-10)7-5-11-6-8-13-14(9-11)20-18(25)16-15(17(13)24)21-23-22-16;3-2(4,5)1(6)7/h2-9H,1H3,(H,20,25)(H,21,22,23);(H,6,7)/b7-5+;. The highest BCUT2D eigenvalue weighted by molar-refractivity contribution is 5.88. The van der Waals surface area contributed by atoms with E-state index >= 15 is 0 Å². The number of aryl methyl sites for hydroxylation is 1. The number of halogens is 3. The monoisotopic (exact) mass is 445 g/mol. The van der Waals surface area contributed by atoms with Gasteiger partial charge in [0.2, 0.25) is 5.43 Å². The SMILES string of the molecule is Cc1cccc(/C=C/c2ccc3c(=O)c4[nH]nnc4c(=O)[nH]c3c2)n1.O=C(O)C(F)(F)F. The molecule has 4 rings (SSSR count). The van der Waals surface area contributed by atoms with Crippen LogP contribution in [0.25, 0.3) is 34.1 Å². The molecule has 0 radical (unpaired) electrons. The first-order chi connectivity index (χ1) is 15.1. The molecule has 32 heavy (non-hydrogen) atoms. The Morgan fingerprint density at radius 3 is 2.50 bits per heavy atom. The quantitative estimate of drug-likeness (QED) is 0.431. The predicted octanol–water partition coefficient (Wildman–Crippen LogP) is 2.67. The van der Waals surface area contributed by atoms with Crippen LogP contribution in [-0.2, 0) is 4.79 Å². The number of hydrogen-bond acceptors (Lipinski definition) is 6. The molecule has 0 atom stereocenters. The fourth-order valence-electron chi connectivity index (χ4n) is 2.67. The largest absolute Gasteiger partial charge is 0.490 e. The van der Waals surface area contributed by atoms with Crippen LogP contribution >= 0.6 is 0 Å². The number of nitrogens with one attached hydrogen (secondary N) is 2. The smallest absolute Gasteiger partial charge is 0.475 e. The molecular formula is C20H14F3N5O4. The highest BCUT2D eigenvalue weighted by Gasteiger charge is 2.38. The number of fused-ring (bicyclic) bond motifs is 2. The van der Waals surface area contributed by atoms with Gasteiger partial charge in [0.15, 0.2) is 5.52 Å². The minimum Gasteiger partial charge on any atom is -0.475 e. The van der Waals surface area contributed by atoms with Gasteiger partial charge in [-0.25, -0.2) is 4.79 Å². The van der Waals surface area contributed by atoms with Crippen LogP contribution in [0.15, 0.2) is 46.0 Å². The molecule has 0 fully saturated rings. The Hall–Kier alpha value is -4.35. The Kier molecular flexibility index (Phi) is 6.14. The Morgan fingerprint density at radius 2 is 1.84 bits per heavy atom. The van der Waals surface area contributed by atoms with E-state index in [1.165, 1.54) is 0 Å². The molecule has 0 spiro atoms. The van der Waals surface area contributed by atoms with Crippen molar-refractivity contribution in [1.82, 2.24) is 25.4 Å². The molecule has 0 saturated carbocycles. The van der Waals surface area contributed by atoms with Crippen molar-refractivity contribution in [1.29, 1.82) is 0 Å². The van der Waals surface area contributed by atoms with Gasteiger partial charge in [-0.1, -0.05) is 23.4 Å². The van der Waals surface area contributed by atoms with Crippen molar-refractivity contribution in [2.45, 2.75) is 13.1 Å². The number of hydrogen-bond donors (Lipinski definition) is 3. The number of aromatic amines is 2. The van der Waals surface area contributed by atoms with E-state index in [4.69, 9.17) is 9.90 Å². The number of alkyl halides is 3. The molecule has 4 aromatic rings. The molecule has 0 saturated heterocycles. The third-order valence-corrected chi connectivity index (χ3v) is 4.13. The van der Waals surface area contributed by atoms with Gasteiger partial charge in [0.05, 0.1) is 11.2 Å². The average molecular weight is 445 g/mol. The number of rotatable bonds is 2. The van der Waals surface area contributed by atoms with Crippen LogP contribution in [0.5, 0.6) is 0 Å². The Bertz CT molecular complexity index is 1460. The van der Waals surface area contributed by atoms with Crippen LogP contribution in [0.3, 0.4) is 0 Å². The molecule has 0 amide bonds. The summed E-state index contributed by atoms with van der Waals surface area (Å²) in [6.07, 6.45) is -1.33. The summed E-state index contributed by atoms with van der Waals surface area (Å²) < 4.78 is 31.7. The van der Waals surface area contributed by atoms with Crippen LogP contribution in [0, 0.1) is 6.92 Å². The third-order valence-electron chi connectivity index (χ3n) is 4.13. The molecular weight excluding hydrogens is 431 g/mol. The van der Waals surface area contributed by atoms with Gasteiger partial charge in [-0.2, -0.15) is 13.2 Å². The predicted molar refractivity (Wildman–Crippen MR) is 110 cm³/mol. The molecule has 0 aliphatic rings. The van der Waals surface area contributed by atoms with Gasteiger partial charge in [-0.3, -0.25) is 19.7 Å². The highest BCUT2D eigenvalue weighted by Crippen LogP contribution is 2.14. The topological polar surface area (TPSA) is 142 Å². The van der Waals surface area contributed by atoms with Crippen molar-refractivity contribution in [3.8, 4) is 0 Å². The van der Waals surface area contributed by atoms with Gasteiger partial charge >= 0.3 is 12.1 Å². The van der Waals surface area contributed by atoms with Gasteiger partial charge in [-0.05, 0) is 42.8 Å². The average Bonchev–Trinajstić information content (AvgIpc) is 3.19. The highest BCUT2D eigenvalue weighted by atomic mass is 19.4. The lowest BCUT2D eigenvalue weighted by molar-refractivity contribution is -0.192. The third kappa shape index (κ3) is 5.03. The number of carbonyl (C=O) groups is 1. The summed E-state index contributed by atoms with van der Waals surface area (Å²) in [6, 6.07) is 11.0. The second-order valence-electron chi connectivity index (χ2n) is 6.46. The molecule has 1 aromatic carbocycles. The van der Waals surface area contributed by atoms with Crippen molar-refractivity contribution in [3.63, 3.8) is 0 Å². The van der Waals surface area contributed by atoms with Crippen molar-refractivity contribution >= 4 is 40.1 Å². The Balaban J connectivity index is 0.000000360. The lowest BCUT2D eigenvalue weighted by Gasteiger charge is -1.97. The lowest BCUT2D eigenvalue weighted by Crippen LogP contribution is -2.21. The summed E-state index contributed by atoms with van der Waals surface area (Å²) in [6.45, 7) is 1.93.